The predicted octanol–water partition coefficient (Wildman–Crippen LogP) is 3.69. The van der Waals surface area contributed by atoms with Gasteiger partial charge in [0.05, 0.1) is 4.83 Å². The average Bonchev–Trinajstić information content (AvgIpc) is 2.12. The molecule has 0 fully saturated rings. The van der Waals surface area contributed by atoms with Gasteiger partial charge in [-0.25, -0.2) is 4.39 Å². The largest absolute Gasteiger partial charge is 0.573 e. The molecule has 0 radical (unpaired) electrons. The van der Waals surface area contributed by atoms with Gasteiger partial charge in [-0.1, -0.05) is 15.9 Å². The molecule has 0 aromatic heterocycles. The number of rotatable bonds is 3. The van der Waals surface area contributed by atoms with Crippen molar-refractivity contribution in [3.05, 3.63) is 29.6 Å². The van der Waals surface area contributed by atoms with Crippen molar-refractivity contribution >= 4 is 21.7 Å². The van der Waals surface area contributed by atoms with Crippen LogP contribution in [-0.4, -0.2) is 17.0 Å². The number of alkyl halides is 4. The smallest absolute Gasteiger partial charge is 0.406 e. The number of halogens is 5. The highest BCUT2D eigenvalue weighted by atomic mass is 79.9. The summed E-state index contributed by atoms with van der Waals surface area (Å²) in [5.41, 5.74) is -0.186. The molecule has 2 nitrogen and oxygen atoms in total. The molecule has 17 heavy (non-hydrogen) atoms. The number of Topliss-reactive ketones (excluding diaryl/α,β-unsaturated/α-hetero) is 1. The first-order valence-electron chi connectivity index (χ1n) is 4.43. The second kappa shape index (κ2) is 5.03. The Morgan fingerprint density at radius 3 is 2.41 bits per heavy atom. The van der Waals surface area contributed by atoms with E-state index in [1.165, 1.54) is 6.92 Å². The first kappa shape index (κ1) is 14.0. The zero-order chi connectivity index (χ0) is 13.2. The van der Waals surface area contributed by atoms with E-state index in [9.17, 15) is 22.4 Å². The molecule has 1 atom stereocenters. The summed E-state index contributed by atoms with van der Waals surface area (Å²) in [4.78, 5) is 10.8. The first-order valence-corrected chi connectivity index (χ1v) is 5.35. The van der Waals surface area contributed by atoms with E-state index in [2.05, 4.69) is 20.7 Å². The van der Waals surface area contributed by atoms with Crippen molar-refractivity contribution in [2.24, 2.45) is 0 Å². The number of carbonyl (C=O) groups excluding carboxylic acids is 1. The number of benzene rings is 1. The summed E-state index contributed by atoms with van der Waals surface area (Å²) < 4.78 is 52.3. The lowest BCUT2D eigenvalue weighted by atomic mass is 10.1. The average molecular weight is 315 g/mol. The van der Waals surface area contributed by atoms with Crippen molar-refractivity contribution < 1.29 is 27.1 Å². The minimum atomic E-state index is -4.92. The van der Waals surface area contributed by atoms with E-state index in [0.29, 0.717) is 6.07 Å². The van der Waals surface area contributed by atoms with Crippen LogP contribution in [0, 0.1) is 5.82 Å². The SMILES string of the molecule is CC(Br)C(=O)c1cc(F)cc(OC(F)(F)F)c1. The van der Waals surface area contributed by atoms with Crippen molar-refractivity contribution in [3.8, 4) is 5.75 Å². The first-order chi connectivity index (χ1) is 7.69. The van der Waals surface area contributed by atoms with Crippen LogP contribution in [0.3, 0.4) is 0 Å². The van der Waals surface area contributed by atoms with Crippen molar-refractivity contribution in [3.63, 3.8) is 0 Å². The monoisotopic (exact) mass is 314 g/mol. The van der Waals surface area contributed by atoms with Crippen molar-refractivity contribution in [1.82, 2.24) is 0 Å². The molecule has 0 spiro atoms. The summed E-state index contributed by atoms with van der Waals surface area (Å²) in [5.74, 6) is -2.26. The van der Waals surface area contributed by atoms with E-state index >= 15 is 0 Å². The standard InChI is InChI=1S/C10H7BrF4O2/c1-5(11)9(16)6-2-7(12)4-8(3-6)17-10(13,14)15/h2-5H,1H3. The molecule has 94 valence electrons. The molecular weight excluding hydrogens is 308 g/mol. The molecule has 1 rings (SSSR count). The molecule has 0 amide bonds. The Morgan fingerprint density at radius 2 is 1.94 bits per heavy atom. The predicted molar refractivity (Wildman–Crippen MR) is 55.8 cm³/mol. The molecule has 0 saturated heterocycles. The summed E-state index contributed by atoms with van der Waals surface area (Å²) in [7, 11) is 0. The van der Waals surface area contributed by atoms with Crippen LogP contribution in [0.15, 0.2) is 18.2 Å². The summed E-state index contributed by atoms with van der Waals surface area (Å²) in [6, 6.07) is 2.25. The van der Waals surface area contributed by atoms with Crippen LogP contribution in [0.25, 0.3) is 0 Å². The van der Waals surface area contributed by atoms with Gasteiger partial charge in [-0.15, -0.1) is 13.2 Å². The van der Waals surface area contributed by atoms with Gasteiger partial charge in [0.15, 0.2) is 5.78 Å². The number of carbonyl (C=O) groups is 1. The van der Waals surface area contributed by atoms with Crippen LogP contribution < -0.4 is 4.74 Å². The molecule has 0 aliphatic heterocycles. The molecule has 1 unspecified atom stereocenters. The van der Waals surface area contributed by atoms with Crippen LogP contribution in [-0.2, 0) is 0 Å². The minimum Gasteiger partial charge on any atom is -0.406 e. The second-order valence-corrected chi connectivity index (χ2v) is 4.58. The topological polar surface area (TPSA) is 26.3 Å². The number of ketones is 1. The maximum atomic E-state index is 13.0. The highest BCUT2D eigenvalue weighted by Gasteiger charge is 2.31. The number of hydrogen-bond acceptors (Lipinski definition) is 2. The molecule has 1 aromatic rings. The fourth-order valence-corrected chi connectivity index (χ4v) is 1.39. The van der Waals surface area contributed by atoms with Crippen LogP contribution >= 0.6 is 15.9 Å². The Bertz CT molecular complexity index is 429. The lowest BCUT2D eigenvalue weighted by molar-refractivity contribution is -0.274. The van der Waals surface area contributed by atoms with Gasteiger partial charge in [0, 0.05) is 11.6 Å². The van der Waals surface area contributed by atoms with Crippen molar-refractivity contribution in [2.75, 3.05) is 0 Å². The summed E-state index contributed by atoms with van der Waals surface area (Å²) in [6.07, 6.45) is -4.92. The summed E-state index contributed by atoms with van der Waals surface area (Å²) in [5, 5.41) is 0. The highest BCUT2D eigenvalue weighted by Crippen LogP contribution is 2.25. The van der Waals surface area contributed by atoms with E-state index in [1.807, 2.05) is 0 Å². The Balaban J connectivity index is 3.07. The number of ether oxygens (including phenoxy) is 1. The quantitative estimate of drug-likeness (QED) is 0.483. The van der Waals surface area contributed by atoms with Gasteiger partial charge >= 0.3 is 6.36 Å². The van der Waals surface area contributed by atoms with Gasteiger partial charge in [-0.05, 0) is 19.1 Å². The molecule has 0 N–H and O–H groups in total. The maximum Gasteiger partial charge on any atom is 0.573 e. The van der Waals surface area contributed by atoms with E-state index in [4.69, 9.17) is 0 Å². The molecule has 0 aliphatic carbocycles. The molecule has 7 heteroatoms. The molecular formula is C10H7BrF4O2. The van der Waals surface area contributed by atoms with Crippen molar-refractivity contribution in [1.29, 1.82) is 0 Å². The van der Waals surface area contributed by atoms with Crippen LogP contribution in [0.5, 0.6) is 5.75 Å². The van der Waals surface area contributed by atoms with Gasteiger partial charge in [0.1, 0.15) is 11.6 Å². The Kier molecular flexibility index (Phi) is 4.13. The number of hydrogen-bond donors (Lipinski definition) is 0. The normalized spacial score (nSPS) is 13.3. The second-order valence-electron chi connectivity index (χ2n) is 3.20. The Morgan fingerprint density at radius 1 is 1.35 bits per heavy atom. The summed E-state index contributed by atoms with van der Waals surface area (Å²) >= 11 is 2.95. The van der Waals surface area contributed by atoms with E-state index in [1.54, 1.807) is 0 Å². The van der Waals surface area contributed by atoms with E-state index < -0.39 is 28.5 Å². The van der Waals surface area contributed by atoms with E-state index in [-0.39, 0.29) is 5.56 Å². The molecule has 1 aromatic carbocycles. The minimum absolute atomic E-state index is 0.186. The van der Waals surface area contributed by atoms with Crippen LogP contribution in [0.4, 0.5) is 17.6 Å². The third kappa shape index (κ3) is 4.33. The van der Waals surface area contributed by atoms with Crippen LogP contribution in [0.1, 0.15) is 17.3 Å². The molecule has 0 aliphatic rings. The highest BCUT2D eigenvalue weighted by molar-refractivity contribution is 9.10. The Hall–Kier alpha value is -1.11. The van der Waals surface area contributed by atoms with Gasteiger partial charge < -0.3 is 4.74 Å². The Labute approximate surface area is 103 Å². The van der Waals surface area contributed by atoms with Gasteiger partial charge in [0.25, 0.3) is 0 Å². The maximum absolute atomic E-state index is 13.0. The van der Waals surface area contributed by atoms with E-state index in [0.717, 1.165) is 12.1 Å². The van der Waals surface area contributed by atoms with Crippen LogP contribution in [0.2, 0.25) is 0 Å². The summed E-state index contributed by atoms with van der Waals surface area (Å²) in [6.45, 7) is 1.48. The van der Waals surface area contributed by atoms with Gasteiger partial charge in [0.2, 0.25) is 0 Å². The van der Waals surface area contributed by atoms with Gasteiger partial charge in [-0.2, -0.15) is 0 Å². The van der Waals surface area contributed by atoms with Gasteiger partial charge in [-0.3, -0.25) is 4.79 Å². The fraction of sp³-hybridized carbons (Fsp3) is 0.300. The zero-order valence-electron chi connectivity index (χ0n) is 8.52. The fourth-order valence-electron chi connectivity index (χ4n) is 1.13. The third-order valence-electron chi connectivity index (χ3n) is 1.75. The lowest BCUT2D eigenvalue weighted by Gasteiger charge is -2.10. The zero-order valence-corrected chi connectivity index (χ0v) is 10.1. The third-order valence-corrected chi connectivity index (χ3v) is 2.17. The molecule has 0 saturated carbocycles. The van der Waals surface area contributed by atoms with Crippen molar-refractivity contribution in [2.45, 2.75) is 18.1 Å². The molecule has 0 heterocycles. The lowest BCUT2D eigenvalue weighted by Crippen LogP contribution is -2.18. The molecule has 0 bridgehead atoms.